The number of aliphatic hydroxyl groups is 1. The van der Waals surface area contributed by atoms with Crippen molar-refractivity contribution >= 4 is 18.2 Å². The van der Waals surface area contributed by atoms with Crippen LogP contribution in [0.5, 0.6) is 0 Å². The van der Waals surface area contributed by atoms with E-state index in [1.54, 1.807) is 6.92 Å². The van der Waals surface area contributed by atoms with Gasteiger partial charge in [-0.25, -0.2) is 4.79 Å². The Balaban J connectivity index is 0.000000366. The normalized spacial score (nSPS) is 35.1. The first kappa shape index (κ1) is 39.0. The van der Waals surface area contributed by atoms with Gasteiger partial charge in [-0.2, -0.15) is 0 Å². The molecule has 4 saturated carbocycles. The van der Waals surface area contributed by atoms with Crippen LogP contribution in [0.4, 0.5) is 0 Å². The van der Waals surface area contributed by atoms with Gasteiger partial charge in [-0.3, -0.25) is 14.4 Å². The summed E-state index contributed by atoms with van der Waals surface area (Å²) in [5, 5.41) is 10.7. The van der Waals surface area contributed by atoms with Crippen LogP contribution in [0.3, 0.4) is 0 Å². The van der Waals surface area contributed by atoms with Crippen molar-refractivity contribution in [2.45, 2.75) is 111 Å². The van der Waals surface area contributed by atoms with Crippen molar-refractivity contribution in [1.82, 2.24) is 0 Å². The van der Waals surface area contributed by atoms with Crippen LogP contribution in [-0.2, 0) is 30.5 Å². The van der Waals surface area contributed by atoms with Gasteiger partial charge >= 0.3 is 11.8 Å². The summed E-state index contributed by atoms with van der Waals surface area (Å²) in [6.45, 7) is 11.2. The molecule has 294 valence electrons. The lowest BCUT2D eigenvalue weighted by atomic mass is 9.38. The standard InChI is InChI=1S/C40H50O4.C6H6O5/c1-25-30-17-21-40(4)31-16-20-38(2)19-15-28(23-32(38)29(31)24-34(42)36(40)39(30,3)22-18-33(25)41)37(43)44-35(26-11-7-5-8-12-26)27-13-9-6-10-14-27;1-4-5(2-9-3-7)11-6(8)10-4/h5-14,24-25,28,30-33,35-36,41H,15-23H2,1-4H3;3H,2H2,1H3. The van der Waals surface area contributed by atoms with Crippen molar-refractivity contribution in [2.24, 2.45) is 51.8 Å². The Morgan fingerprint density at radius 1 is 0.873 bits per heavy atom. The molecular weight excluding hydrogens is 696 g/mol. The van der Waals surface area contributed by atoms with Crippen LogP contribution in [-0.4, -0.2) is 29.4 Å². The Kier molecular flexibility index (Phi) is 10.9. The molecule has 10 unspecified atom stereocenters. The predicted molar refractivity (Wildman–Crippen MR) is 205 cm³/mol. The predicted octanol–water partition coefficient (Wildman–Crippen LogP) is 8.70. The van der Waals surface area contributed by atoms with E-state index in [2.05, 4.69) is 47.3 Å². The Hall–Kier alpha value is -4.24. The van der Waals surface area contributed by atoms with E-state index in [4.69, 9.17) is 4.74 Å². The lowest BCUT2D eigenvalue weighted by Gasteiger charge is -2.65. The second kappa shape index (κ2) is 15.4. The maximum Gasteiger partial charge on any atom is 0.519 e. The van der Waals surface area contributed by atoms with Gasteiger partial charge in [0.15, 0.2) is 30.0 Å². The van der Waals surface area contributed by atoms with E-state index in [1.807, 2.05) is 60.7 Å². The number of carbonyl (C=O) groups excluding carboxylic acids is 3. The van der Waals surface area contributed by atoms with Crippen LogP contribution < -0.4 is 5.82 Å². The number of hydrogen-bond donors (Lipinski definition) is 1. The first-order valence-electron chi connectivity index (χ1n) is 20.2. The number of benzene rings is 2. The van der Waals surface area contributed by atoms with Gasteiger partial charge in [0.1, 0.15) is 0 Å². The summed E-state index contributed by atoms with van der Waals surface area (Å²) < 4.78 is 19.7. The molecule has 2 aromatic carbocycles. The average Bonchev–Trinajstić information content (AvgIpc) is 3.50. The van der Waals surface area contributed by atoms with Crippen molar-refractivity contribution in [3.05, 3.63) is 106 Å². The van der Waals surface area contributed by atoms with Crippen LogP contribution in [0.2, 0.25) is 0 Å². The quantitative estimate of drug-likeness (QED) is 0.186. The van der Waals surface area contributed by atoms with Crippen LogP contribution in [0, 0.1) is 58.7 Å². The molecule has 3 aromatic rings. The first-order valence-corrected chi connectivity index (χ1v) is 20.2. The van der Waals surface area contributed by atoms with E-state index in [-0.39, 0.29) is 70.8 Å². The number of fused-ring (bicyclic) bond motifs is 7. The first-order chi connectivity index (χ1) is 26.3. The van der Waals surface area contributed by atoms with Crippen molar-refractivity contribution in [1.29, 1.82) is 0 Å². The molecule has 0 bridgehead atoms. The Labute approximate surface area is 323 Å². The summed E-state index contributed by atoms with van der Waals surface area (Å²) in [4.78, 5) is 48.5. The molecule has 5 aliphatic rings. The number of rotatable bonds is 7. The molecule has 0 saturated heterocycles. The SMILES string of the molecule is CC1C(O)CCC2(C)C1CCC1(C)C3CCC4(C)CCC(C(=O)OC(c5ccccc5)c5ccccc5)CC4C3=CC(=O)C12.Cc1oc(=O)oc1COC=O. The Morgan fingerprint density at radius 2 is 1.51 bits per heavy atom. The summed E-state index contributed by atoms with van der Waals surface area (Å²) in [7, 11) is 0. The third-order valence-electron chi connectivity index (χ3n) is 14.9. The van der Waals surface area contributed by atoms with Gasteiger partial charge in [0.05, 0.1) is 12.0 Å². The third kappa shape index (κ3) is 7.18. The number of aryl methyl sites for hydroxylation is 1. The fraction of sp³-hybridized carbons (Fsp3) is 0.565. The third-order valence-corrected chi connectivity index (χ3v) is 14.9. The topological polar surface area (TPSA) is 133 Å². The minimum atomic E-state index is -0.785. The fourth-order valence-corrected chi connectivity index (χ4v) is 12.0. The fourth-order valence-electron chi connectivity index (χ4n) is 12.0. The molecule has 4 fully saturated rings. The maximum atomic E-state index is 14.4. The van der Waals surface area contributed by atoms with Crippen molar-refractivity contribution in [3.8, 4) is 0 Å². The number of allylic oxidation sites excluding steroid dienone is 2. The van der Waals surface area contributed by atoms with Crippen molar-refractivity contribution in [2.75, 3.05) is 0 Å². The van der Waals surface area contributed by atoms with Crippen LogP contribution in [0.15, 0.2) is 85.9 Å². The highest BCUT2D eigenvalue weighted by Gasteiger charge is 2.65. The number of aliphatic hydroxyl groups excluding tert-OH is 1. The van der Waals surface area contributed by atoms with Gasteiger partial charge in [-0.15, -0.1) is 0 Å². The minimum absolute atomic E-state index is 0.0173. The number of ketones is 1. The van der Waals surface area contributed by atoms with Gasteiger partial charge in [0.25, 0.3) is 6.47 Å². The van der Waals surface area contributed by atoms with E-state index in [9.17, 15) is 24.3 Å². The molecule has 10 atom stereocenters. The molecule has 5 aliphatic carbocycles. The van der Waals surface area contributed by atoms with Crippen LogP contribution in [0.1, 0.15) is 114 Å². The summed E-state index contributed by atoms with van der Waals surface area (Å²) >= 11 is 0. The Bertz CT molecular complexity index is 1910. The highest BCUT2D eigenvalue weighted by Crippen LogP contribution is 2.69. The molecule has 8 rings (SSSR count). The number of carbonyl (C=O) groups is 3. The zero-order valence-corrected chi connectivity index (χ0v) is 32.8. The zero-order chi connectivity index (χ0) is 39.1. The highest BCUT2D eigenvalue weighted by molar-refractivity contribution is 5.95. The largest absolute Gasteiger partial charge is 0.519 e. The molecule has 9 heteroatoms. The summed E-state index contributed by atoms with van der Waals surface area (Å²) in [6.07, 6.45) is 10.2. The summed E-state index contributed by atoms with van der Waals surface area (Å²) in [5.74, 6) is 1.10. The molecule has 0 aliphatic heterocycles. The average molecular weight is 753 g/mol. The second-order valence-corrected chi connectivity index (χ2v) is 17.8. The van der Waals surface area contributed by atoms with Crippen molar-refractivity contribution < 1.29 is 37.8 Å². The van der Waals surface area contributed by atoms with Crippen LogP contribution in [0.25, 0.3) is 0 Å². The van der Waals surface area contributed by atoms with E-state index in [0.29, 0.717) is 23.4 Å². The van der Waals surface area contributed by atoms with Gasteiger partial charge in [-0.05, 0) is 122 Å². The summed E-state index contributed by atoms with van der Waals surface area (Å²) in [5.41, 5.74) is 3.31. The van der Waals surface area contributed by atoms with Gasteiger partial charge in [0.2, 0.25) is 0 Å². The number of ether oxygens (including phenoxy) is 2. The van der Waals surface area contributed by atoms with Gasteiger partial charge < -0.3 is 23.4 Å². The summed E-state index contributed by atoms with van der Waals surface area (Å²) in [6, 6.07) is 20.1. The lowest BCUT2D eigenvalue weighted by molar-refractivity contribution is -0.169. The van der Waals surface area contributed by atoms with E-state index >= 15 is 0 Å². The number of hydrogen-bond acceptors (Lipinski definition) is 9. The molecular formula is C46H56O9. The lowest BCUT2D eigenvalue weighted by Crippen LogP contribution is -2.61. The molecule has 0 radical (unpaired) electrons. The molecule has 0 spiro atoms. The van der Waals surface area contributed by atoms with Gasteiger partial charge in [-0.1, -0.05) is 93.9 Å². The zero-order valence-electron chi connectivity index (χ0n) is 32.8. The molecule has 9 nitrogen and oxygen atoms in total. The monoisotopic (exact) mass is 752 g/mol. The van der Waals surface area contributed by atoms with E-state index < -0.39 is 11.9 Å². The molecule has 1 aromatic heterocycles. The van der Waals surface area contributed by atoms with Crippen molar-refractivity contribution in [3.63, 3.8) is 0 Å². The Morgan fingerprint density at radius 3 is 2.13 bits per heavy atom. The minimum Gasteiger partial charge on any atom is -0.460 e. The van der Waals surface area contributed by atoms with E-state index in [1.165, 1.54) is 5.57 Å². The molecule has 1 N–H and O–H groups in total. The molecule has 1 heterocycles. The molecule has 55 heavy (non-hydrogen) atoms. The molecule has 0 amide bonds. The smallest absolute Gasteiger partial charge is 0.460 e. The number of esters is 1. The van der Waals surface area contributed by atoms with E-state index in [0.717, 1.165) is 68.9 Å². The van der Waals surface area contributed by atoms with Gasteiger partial charge in [0, 0.05) is 5.92 Å². The highest BCUT2D eigenvalue weighted by atomic mass is 16.6. The maximum absolute atomic E-state index is 14.4. The second-order valence-electron chi connectivity index (χ2n) is 17.8. The van der Waals surface area contributed by atoms with Crippen LogP contribution >= 0.6 is 0 Å².